The van der Waals surface area contributed by atoms with Crippen LogP contribution < -0.4 is 14.2 Å². The van der Waals surface area contributed by atoms with Gasteiger partial charge in [-0.15, -0.1) is 12.4 Å². The van der Waals surface area contributed by atoms with E-state index < -0.39 is 0 Å². The first-order valence-electron chi connectivity index (χ1n) is 12.5. The molecule has 0 saturated carbocycles. The molecule has 0 bridgehead atoms. The number of amides is 1. The van der Waals surface area contributed by atoms with Gasteiger partial charge in [-0.05, 0) is 80.8 Å². The highest BCUT2D eigenvalue weighted by atomic mass is 35.5. The largest absolute Gasteiger partial charge is 0.493 e. The van der Waals surface area contributed by atoms with E-state index in [2.05, 4.69) is 36.9 Å². The SMILES string of the molecule is COc1cc2c(cc1OC)C(=O)N(CC1CCCN(CCCOc3c(C)cccc3C)C1)CC2.Cl. The van der Waals surface area contributed by atoms with Crippen LogP contribution in [0.2, 0.25) is 0 Å². The van der Waals surface area contributed by atoms with Gasteiger partial charge in [0.25, 0.3) is 5.91 Å². The first kappa shape index (κ1) is 27.2. The second-order valence-corrected chi connectivity index (χ2v) is 9.60. The minimum absolute atomic E-state index is 0. The van der Waals surface area contributed by atoms with E-state index in [1.54, 1.807) is 14.2 Å². The van der Waals surface area contributed by atoms with Crippen molar-refractivity contribution in [1.29, 1.82) is 0 Å². The normalized spacial score (nSPS) is 18.0. The molecule has 35 heavy (non-hydrogen) atoms. The van der Waals surface area contributed by atoms with E-state index in [1.807, 2.05) is 17.0 Å². The number of aryl methyl sites for hydroxylation is 2. The zero-order valence-corrected chi connectivity index (χ0v) is 22.3. The number of carbonyl (C=O) groups excluding carboxylic acids is 1. The molecule has 1 saturated heterocycles. The number of methoxy groups -OCH3 is 2. The summed E-state index contributed by atoms with van der Waals surface area (Å²) in [4.78, 5) is 17.8. The minimum Gasteiger partial charge on any atom is -0.493 e. The van der Waals surface area contributed by atoms with Crippen LogP contribution in [0.4, 0.5) is 0 Å². The fourth-order valence-electron chi connectivity index (χ4n) is 5.33. The highest BCUT2D eigenvalue weighted by Crippen LogP contribution is 2.33. The predicted molar refractivity (Wildman–Crippen MR) is 142 cm³/mol. The van der Waals surface area contributed by atoms with Crippen LogP contribution in [0.5, 0.6) is 17.2 Å². The van der Waals surface area contributed by atoms with Crippen molar-refractivity contribution in [3.63, 3.8) is 0 Å². The third-order valence-corrected chi connectivity index (χ3v) is 7.13. The van der Waals surface area contributed by atoms with Crippen molar-refractivity contribution >= 4 is 18.3 Å². The highest BCUT2D eigenvalue weighted by molar-refractivity contribution is 5.97. The van der Waals surface area contributed by atoms with Crippen molar-refractivity contribution in [3.05, 3.63) is 52.6 Å². The molecule has 0 N–H and O–H groups in total. The van der Waals surface area contributed by atoms with Gasteiger partial charge < -0.3 is 24.0 Å². The summed E-state index contributed by atoms with van der Waals surface area (Å²) in [6.07, 6.45) is 4.23. The average Bonchev–Trinajstić information content (AvgIpc) is 2.84. The monoisotopic (exact) mass is 502 g/mol. The van der Waals surface area contributed by atoms with Crippen LogP contribution in [0.3, 0.4) is 0 Å². The molecule has 2 aliphatic heterocycles. The van der Waals surface area contributed by atoms with Crippen molar-refractivity contribution in [3.8, 4) is 17.2 Å². The lowest BCUT2D eigenvalue weighted by Gasteiger charge is -2.37. The van der Waals surface area contributed by atoms with Gasteiger partial charge in [0, 0.05) is 31.7 Å². The van der Waals surface area contributed by atoms with Gasteiger partial charge in [0.15, 0.2) is 11.5 Å². The molecule has 2 aromatic carbocycles. The van der Waals surface area contributed by atoms with E-state index in [0.717, 1.165) is 69.0 Å². The van der Waals surface area contributed by atoms with Gasteiger partial charge in [0.1, 0.15) is 5.75 Å². The molecular weight excluding hydrogens is 464 g/mol. The van der Waals surface area contributed by atoms with Crippen LogP contribution in [-0.4, -0.2) is 69.3 Å². The first-order chi connectivity index (χ1) is 16.5. The van der Waals surface area contributed by atoms with Crippen molar-refractivity contribution < 1.29 is 19.0 Å². The van der Waals surface area contributed by atoms with E-state index in [1.165, 1.54) is 24.0 Å². The van der Waals surface area contributed by atoms with Gasteiger partial charge in [-0.25, -0.2) is 0 Å². The molecule has 2 aliphatic rings. The van der Waals surface area contributed by atoms with Crippen molar-refractivity contribution in [2.24, 2.45) is 5.92 Å². The number of rotatable bonds is 9. The number of para-hydroxylation sites is 1. The van der Waals surface area contributed by atoms with Crippen LogP contribution in [-0.2, 0) is 6.42 Å². The number of hydrogen-bond donors (Lipinski definition) is 0. The Morgan fingerprint density at radius 2 is 1.74 bits per heavy atom. The molecule has 1 fully saturated rings. The van der Waals surface area contributed by atoms with E-state index in [-0.39, 0.29) is 18.3 Å². The van der Waals surface area contributed by atoms with Gasteiger partial charge in [0.05, 0.1) is 20.8 Å². The maximum absolute atomic E-state index is 13.2. The Hall–Kier alpha value is -2.44. The van der Waals surface area contributed by atoms with Crippen molar-refractivity contribution in [1.82, 2.24) is 9.80 Å². The van der Waals surface area contributed by atoms with Gasteiger partial charge in [-0.3, -0.25) is 4.79 Å². The molecule has 0 aromatic heterocycles. The second-order valence-electron chi connectivity index (χ2n) is 9.60. The van der Waals surface area contributed by atoms with Gasteiger partial charge in [-0.2, -0.15) is 0 Å². The Bertz CT molecular complexity index is 992. The smallest absolute Gasteiger partial charge is 0.254 e. The molecule has 0 aliphatic carbocycles. The lowest BCUT2D eigenvalue weighted by atomic mass is 9.94. The number of halogens is 1. The summed E-state index contributed by atoms with van der Waals surface area (Å²) >= 11 is 0. The molecular formula is C28H39ClN2O4. The molecule has 192 valence electrons. The van der Waals surface area contributed by atoms with Gasteiger partial charge in [0.2, 0.25) is 0 Å². The minimum atomic E-state index is 0. The van der Waals surface area contributed by atoms with E-state index in [4.69, 9.17) is 14.2 Å². The summed E-state index contributed by atoms with van der Waals surface area (Å²) < 4.78 is 16.9. The molecule has 2 aromatic rings. The van der Waals surface area contributed by atoms with Crippen LogP contribution in [0, 0.1) is 19.8 Å². The molecule has 2 heterocycles. The van der Waals surface area contributed by atoms with E-state index >= 15 is 0 Å². The summed E-state index contributed by atoms with van der Waals surface area (Å²) in [5.41, 5.74) is 4.19. The summed E-state index contributed by atoms with van der Waals surface area (Å²) in [7, 11) is 3.24. The Labute approximate surface area is 215 Å². The average molecular weight is 503 g/mol. The fourth-order valence-corrected chi connectivity index (χ4v) is 5.33. The summed E-state index contributed by atoms with van der Waals surface area (Å²) in [6.45, 7) is 9.74. The third kappa shape index (κ3) is 6.42. The zero-order valence-electron chi connectivity index (χ0n) is 21.5. The maximum Gasteiger partial charge on any atom is 0.254 e. The highest BCUT2D eigenvalue weighted by Gasteiger charge is 2.29. The molecule has 4 rings (SSSR count). The van der Waals surface area contributed by atoms with E-state index in [0.29, 0.717) is 17.4 Å². The van der Waals surface area contributed by atoms with Crippen LogP contribution in [0.25, 0.3) is 0 Å². The Morgan fingerprint density at radius 1 is 1.03 bits per heavy atom. The third-order valence-electron chi connectivity index (χ3n) is 7.13. The zero-order chi connectivity index (χ0) is 24.1. The maximum atomic E-state index is 13.2. The molecule has 1 amide bonds. The predicted octanol–water partition coefficient (Wildman–Crippen LogP) is 4.92. The van der Waals surface area contributed by atoms with Gasteiger partial charge in [-0.1, -0.05) is 18.2 Å². The quantitative estimate of drug-likeness (QED) is 0.455. The molecule has 0 radical (unpaired) electrons. The lowest BCUT2D eigenvalue weighted by molar-refractivity contribution is 0.0658. The number of carbonyl (C=O) groups is 1. The summed E-state index contributed by atoms with van der Waals surface area (Å²) in [5, 5.41) is 0. The van der Waals surface area contributed by atoms with Crippen LogP contribution >= 0.6 is 12.4 Å². The number of nitrogens with zero attached hydrogens (tertiary/aromatic N) is 2. The topological polar surface area (TPSA) is 51.2 Å². The standard InChI is InChI=1S/C28H38N2O4.ClH/c1-20-8-5-9-21(2)27(20)34-15-7-13-29-12-6-10-22(18-29)19-30-14-11-23-16-25(32-3)26(33-4)17-24(23)28(30)31;/h5,8-9,16-17,22H,6-7,10-15,18-19H2,1-4H3;1H. The molecule has 6 nitrogen and oxygen atoms in total. The number of ether oxygens (including phenoxy) is 3. The number of benzene rings is 2. The Balaban J connectivity index is 0.00000342. The lowest BCUT2D eigenvalue weighted by Crippen LogP contribution is -2.45. The molecule has 7 heteroatoms. The van der Waals surface area contributed by atoms with Gasteiger partial charge >= 0.3 is 0 Å². The van der Waals surface area contributed by atoms with Crippen LogP contribution in [0.1, 0.15) is 46.3 Å². The number of likely N-dealkylation sites (tertiary alicyclic amines) is 1. The summed E-state index contributed by atoms with van der Waals surface area (Å²) in [6, 6.07) is 10.1. The number of fused-ring (bicyclic) bond motifs is 1. The molecule has 1 atom stereocenters. The number of hydrogen-bond acceptors (Lipinski definition) is 5. The van der Waals surface area contributed by atoms with Crippen molar-refractivity contribution in [2.45, 2.75) is 39.5 Å². The fraction of sp³-hybridized carbons (Fsp3) is 0.536. The Morgan fingerprint density at radius 3 is 2.46 bits per heavy atom. The molecule has 1 unspecified atom stereocenters. The molecule has 0 spiro atoms. The number of piperidine rings is 1. The van der Waals surface area contributed by atoms with Crippen molar-refractivity contribution in [2.75, 3.05) is 53.6 Å². The summed E-state index contributed by atoms with van der Waals surface area (Å²) in [5.74, 6) is 2.95. The Kier molecular flexibility index (Phi) is 9.70. The van der Waals surface area contributed by atoms with Crippen LogP contribution in [0.15, 0.2) is 30.3 Å². The second kappa shape index (κ2) is 12.5. The first-order valence-corrected chi connectivity index (χ1v) is 12.5. The van der Waals surface area contributed by atoms with E-state index in [9.17, 15) is 4.79 Å².